The minimum atomic E-state index is -0.613. The number of amides is 1. The maximum absolute atomic E-state index is 11.4. The maximum Gasteiger partial charge on any atom is 0.222 e. The smallest absolute Gasteiger partial charge is 0.222 e. The lowest BCUT2D eigenvalue weighted by Gasteiger charge is -2.35. The highest BCUT2D eigenvalue weighted by Gasteiger charge is 2.30. The van der Waals surface area contributed by atoms with Gasteiger partial charge in [-0.15, -0.1) is 0 Å². The summed E-state index contributed by atoms with van der Waals surface area (Å²) in [7, 11) is 5.54. The van der Waals surface area contributed by atoms with Gasteiger partial charge in [0.15, 0.2) is 0 Å². The molecule has 0 aromatic carbocycles. The molecule has 18 heavy (non-hydrogen) atoms. The Morgan fingerprint density at radius 1 is 1.28 bits per heavy atom. The van der Waals surface area contributed by atoms with Crippen molar-refractivity contribution >= 4 is 5.91 Å². The normalized spacial score (nSPS) is 18.9. The number of rotatable bonds is 6. The van der Waals surface area contributed by atoms with E-state index in [1.54, 1.807) is 19.0 Å². The summed E-state index contributed by atoms with van der Waals surface area (Å²) in [5.74, 6) is 0.160. The van der Waals surface area contributed by atoms with E-state index in [9.17, 15) is 9.90 Å². The summed E-state index contributed by atoms with van der Waals surface area (Å²) in [5.41, 5.74) is -0.613. The molecule has 1 heterocycles. The highest BCUT2D eigenvalue weighted by Crippen LogP contribution is 2.21. The number of aliphatic hydroxyl groups is 1. The largest absolute Gasteiger partial charge is 0.388 e. The fourth-order valence-corrected chi connectivity index (χ4v) is 2.21. The highest BCUT2D eigenvalue weighted by atomic mass is 16.5. The Hall–Kier alpha value is -0.650. The Morgan fingerprint density at radius 3 is 2.44 bits per heavy atom. The summed E-state index contributed by atoms with van der Waals surface area (Å²) in [5, 5.41) is 10.3. The van der Waals surface area contributed by atoms with Crippen LogP contribution in [0.15, 0.2) is 0 Å². The van der Waals surface area contributed by atoms with Gasteiger partial charge in [0, 0.05) is 53.1 Å². The SMILES string of the molecule is CN(CCCC(=O)N(C)C)CC1(O)CCOCC1. The summed E-state index contributed by atoms with van der Waals surface area (Å²) < 4.78 is 5.26. The molecular formula is C13H26N2O3. The van der Waals surface area contributed by atoms with Gasteiger partial charge in [-0.1, -0.05) is 0 Å². The Kier molecular flexibility index (Phi) is 6.05. The van der Waals surface area contributed by atoms with Crippen LogP contribution in [0.3, 0.4) is 0 Å². The van der Waals surface area contributed by atoms with Crippen LogP contribution in [-0.4, -0.2) is 73.9 Å². The second-order valence-electron chi connectivity index (χ2n) is 5.47. The van der Waals surface area contributed by atoms with Gasteiger partial charge in [0.05, 0.1) is 5.60 Å². The van der Waals surface area contributed by atoms with Gasteiger partial charge in [0.1, 0.15) is 0 Å². The molecule has 5 heteroatoms. The lowest BCUT2D eigenvalue weighted by Crippen LogP contribution is -2.45. The molecular weight excluding hydrogens is 232 g/mol. The third-order valence-corrected chi connectivity index (χ3v) is 3.42. The van der Waals surface area contributed by atoms with Crippen molar-refractivity contribution in [1.29, 1.82) is 0 Å². The van der Waals surface area contributed by atoms with Crippen LogP contribution in [0.1, 0.15) is 25.7 Å². The average Bonchev–Trinajstić information content (AvgIpc) is 2.28. The average molecular weight is 258 g/mol. The Balaban J connectivity index is 2.20. The molecule has 1 aliphatic rings. The first-order valence-electron chi connectivity index (χ1n) is 6.62. The van der Waals surface area contributed by atoms with Crippen LogP contribution in [0.4, 0.5) is 0 Å². The van der Waals surface area contributed by atoms with Crippen LogP contribution in [-0.2, 0) is 9.53 Å². The molecule has 0 atom stereocenters. The lowest BCUT2D eigenvalue weighted by atomic mass is 9.94. The molecule has 106 valence electrons. The molecule has 1 N–H and O–H groups in total. The van der Waals surface area contributed by atoms with Crippen molar-refractivity contribution in [3.63, 3.8) is 0 Å². The summed E-state index contributed by atoms with van der Waals surface area (Å²) >= 11 is 0. The van der Waals surface area contributed by atoms with E-state index in [-0.39, 0.29) is 5.91 Å². The van der Waals surface area contributed by atoms with Gasteiger partial charge in [-0.3, -0.25) is 4.79 Å². The second kappa shape index (κ2) is 7.07. The van der Waals surface area contributed by atoms with E-state index in [0.29, 0.717) is 39.0 Å². The molecule has 0 radical (unpaired) electrons. The third-order valence-electron chi connectivity index (χ3n) is 3.42. The first kappa shape index (κ1) is 15.4. The quantitative estimate of drug-likeness (QED) is 0.746. The minimum Gasteiger partial charge on any atom is -0.388 e. The first-order chi connectivity index (χ1) is 8.43. The van der Waals surface area contributed by atoms with Crippen LogP contribution in [0.5, 0.6) is 0 Å². The monoisotopic (exact) mass is 258 g/mol. The van der Waals surface area contributed by atoms with E-state index in [2.05, 4.69) is 4.90 Å². The minimum absolute atomic E-state index is 0.160. The van der Waals surface area contributed by atoms with Gasteiger partial charge in [-0.2, -0.15) is 0 Å². The number of hydrogen-bond donors (Lipinski definition) is 1. The maximum atomic E-state index is 11.4. The van der Waals surface area contributed by atoms with Crippen LogP contribution in [0.25, 0.3) is 0 Å². The predicted molar refractivity (Wildman–Crippen MR) is 70.4 cm³/mol. The topological polar surface area (TPSA) is 53.0 Å². The molecule has 5 nitrogen and oxygen atoms in total. The standard InChI is InChI=1S/C13H26N2O3/c1-14(2)12(16)5-4-8-15(3)11-13(17)6-9-18-10-7-13/h17H,4-11H2,1-3H3. The van der Waals surface area contributed by atoms with Crippen molar-refractivity contribution in [2.75, 3.05) is 47.4 Å². The molecule has 1 fully saturated rings. The number of nitrogens with zero attached hydrogens (tertiary/aromatic N) is 2. The van der Waals surface area contributed by atoms with Crippen LogP contribution < -0.4 is 0 Å². The fraction of sp³-hybridized carbons (Fsp3) is 0.923. The predicted octanol–water partition coefficient (Wildman–Crippen LogP) is 0.328. The van der Waals surface area contributed by atoms with Gasteiger partial charge in [0.25, 0.3) is 0 Å². The number of hydrogen-bond acceptors (Lipinski definition) is 4. The van der Waals surface area contributed by atoms with E-state index in [1.807, 2.05) is 7.05 Å². The third kappa shape index (κ3) is 5.33. The van der Waals surface area contributed by atoms with E-state index >= 15 is 0 Å². The zero-order valence-electron chi connectivity index (χ0n) is 11.8. The van der Waals surface area contributed by atoms with Gasteiger partial charge in [-0.05, 0) is 20.0 Å². The van der Waals surface area contributed by atoms with Crippen molar-refractivity contribution in [3.8, 4) is 0 Å². The molecule has 0 spiro atoms. The molecule has 0 bridgehead atoms. The van der Waals surface area contributed by atoms with Crippen molar-refractivity contribution in [1.82, 2.24) is 9.80 Å². The van der Waals surface area contributed by atoms with Crippen molar-refractivity contribution < 1.29 is 14.6 Å². The molecule has 0 aliphatic carbocycles. The zero-order valence-corrected chi connectivity index (χ0v) is 11.8. The van der Waals surface area contributed by atoms with Gasteiger partial charge in [0.2, 0.25) is 5.91 Å². The zero-order chi connectivity index (χ0) is 13.6. The summed E-state index contributed by atoms with van der Waals surface area (Å²) in [6.45, 7) is 2.78. The van der Waals surface area contributed by atoms with E-state index < -0.39 is 5.60 Å². The van der Waals surface area contributed by atoms with Crippen molar-refractivity contribution in [2.24, 2.45) is 0 Å². The molecule has 0 unspecified atom stereocenters. The second-order valence-corrected chi connectivity index (χ2v) is 5.47. The van der Waals surface area contributed by atoms with Crippen LogP contribution in [0, 0.1) is 0 Å². The molecule has 0 aromatic rings. The summed E-state index contributed by atoms with van der Waals surface area (Å²) in [4.78, 5) is 15.1. The lowest BCUT2D eigenvalue weighted by molar-refractivity contribution is -0.128. The fourth-order valence-electron chi connectivity index (χ4n) is 2.21. The van der Waals surface area contributed by atoms with E-state index in [0.717, 1.165) is 13.0 Å². The first-order valence-corrected chi connectivity index (χ1v) is 6.62. The summed E-state index contributed by atoms with van der Waals surface area (Å²) in [6.07, 6.45) is 2.81. The molecule has 1 saturated heterocycles. The number of ether oxygens (including phenoxy) is 1. The van der Waals surface area contributed by atoms with Crippen LogP contribution >= 0.6 is 0 Å². The number of likely N-dealkylation sites (N-methyl/N-ethyl adjacent to an activating group) is 1. The number of carbonyl (C=O) groups excluding carboxylic acids is 1. The Bertz CT molecular complexity index is 263. The van der Waals surface area contributed by atoms with E-state index in [4.69, 9.17) is 4.74 Å². The van der Waals surface area contributed by atoms with Gasteiger partial charge < -0.3 is 19.6 Å². The Labute approximate surface area is 110 Å². The van der Waals surface area contributed by atoms with Crippen molar-refractivity contribution in [3.05, 3.63) is 0 Å². The molecule has 0 aromatic heterocycles. The van der Waals surface area contributed by atoms with E-state index in [1.165, 1.54) is 0 Å². The molecule has 0 saturated carbocycles. The molecule has 1 amide bonds. The molecule has 1 aliphatic heterocycles. The van der Waals surface area contributed by atoms with Crippen molar-refractivity contribution in [2.45, 2.75) is 31.3 Å². The van der Waals surface area contributed by atoms with Gasteiger partial charge >= 0.3 is 0 Å². The van der Waals surface area contributed by atoms with Gasteiger partial charge in [-0.25, -0.2) is 0 Å². The Morgan fingerprint density at radius 2 is 1.89 bits per heavy atom. The molecule has 1 rings (SSSR count). The highest BCUT2D eigenvalue weighted by molar-refractivity contribution is 5.75. The summed E-state index contributed by atoms with van der Waals surface area (Å²) in [6, 6.07) is 0. The van der Waals surface area contributed by atoms with Crippen LogP contribution in [0.2, 0.25) is 0 Å². The number of carbonyl (C=O) groups is 1.